The molecule has 0 radical (unpaired) electrons. The lowest BCUT2D eigenvalue weighted by Gasteiger charge is -2.45. The summed E-state index contributed by atoms with van der Waals surface area (Å²) in [7, 11) is 0. The Kier molecular flexibility index (Phi) is 6.13. The number of ketones is 1. The Hall–Kier alpha value is -4.55. The molecule has 2 bridgehead atoms. The van der Waals surface area contributed by atoms with Gasteiger partial charge in [-0.25, -0.2) is 5.01 Å². The Bertz CT molecular complexity index is 1670. The minimum Gasteiger partial charge on any atom is -0.292 e. The third-order valence-corrected chi connectivity index (χ3v) is 9.27. The highest BCUT2D eigenvalue weighted by molar-refractivity contribution is 6.30. The summed E-state index contributed by atoms with van der Waals surface area (Å²) < 4.78 is 0. The highest BCUT2D eigenvalue weighted by atomic mass is 35.5. The van der Waals surface area contributed by atoms with Crippen molar-refractivity contribution in [2.45, 2.75) is 31.7 Å². The fraction of sp³-hybridized carbons (Fsp3) is 0.200. The number of carbonyl (C=O) groups excluding carboxylic acids is 4. The summed E-state index contributed by atoms with van der Waals surface area (Å²) in [5, 5.41) is 2.48. The van der Waals surface area contributed by atoms with Crippen molar-refractivity contribution in [2.24, 2.45) is 11.8 Å². The molecule has 4 aliphatic rings. The van der Waals surface area contributed by atoms with Gasteiger partial charge in [-0.05, 0) is 60.4 Å². The molecule has 0 aromatic heterocycles. The van der Waals surface area contributed by atoms with E-state index in [9.17, 15) is 19.2 Å². The van der Waals surface area contributed by atoms with Gasteiger partial charge in [0.15, 0.2) is 5.78 Å². The highest BCUT2D eigenvalue weighted by Gasteiger charge is 2.63. The minimum absolute atomic E-state index is 0.216. The van der Waals surface area contributed by atoms with Crippen molar-refractivity contribution >= 4 is 35.1 Å². The zero-order valence-corrected chi connectivity index (χ0v) is 23.8. The number of hydrazine groups is 1. The number of Topliss-reactive ketones (excluding diaryl/α,β-unsaturated/α-hetero) is 1. The molecule has 42 heavy (non-hydrogen) atoms. The molecule has 0 unspecified atom stereocenters. The number of imide groups is 1. The van der Waals surface area contributed by atoms with Gasteiger partial charge in [0.05, 0.1) is 11.8 Å². The first-order valence-electron chi connectivity index (χ1n) is 14.0. The maximum absolute atomic E-state index is 14.5. The van der Waals surface area contributed by atoms with Crippen LogP contribution in [0.1, 0.15) is 67.3 Å². The average molecular weight is 575 g/mol. The second kappa shape index (κ2) is 9.78. The van der Waals surface area contributed by atoms with Gasteiger partial charge >= 0.3 is 0 Å². The molecular formula is C35H27ClN2O4. The van der Waals surface area contributed by atoms with Crippen LogP contribution in [0.2, 0.25) is 5.02 Å². The summed E-state index contributed by atoms with van der Waals surface area (Å²) in [5.74, 6) is -3.95. The van der Waals surface area contributed by atoms with E-state index < -0.39 is 35.6 Å². The van der Waals surface area contributed by atoms with Crippen molar-refractivity contribution in [1.29, 1.82) is 0 Å². The molecule has 3 atom stereocenters. The lowest BCUT2D eigenvalue weighted by Crippen LogP contribution is -2.56. The number of halogens is 1. The van der Waals surface area contributed by atoms with Crippen molar-refractivity contribution < 1.29 is 19.2 Å². The number of rotatable bonds is 5. The van der Waals surface area contributed by atoms with E-state index in [1.807, 2.05) is 67.6 Å². The van der Waals surface area contributed by atoms with Gasteiger partial charge in [0, 0.05) is 28.0 Å². The Morgan fingerprint density at radius 2 is 1.12 bits per heavy atom. The van der Waals surface area contributed by atoms with E-state index >= 15 is 0 Å². The fourth-order valence-corrected chi connectivity index (χ4v) is 7.23. The van der Waals surface area contributed by atoms with Crippen molar-refractivity contribution in [2.75, 3.05) is 0 Å². The first-order valence-corrected chi connectivity index (χ1v) is 14.4. The lowest BCUT2D eigenvalue weighted by atomic mass is 9.55. The van der Waals surface area contributed by atoms with Crippen molar-refractivity contribution in [3.05, 3.63) is 141 Å². The normalized spacial score (nSPS) is 22.3. The van der Waals surface area contributed by atoms with E-state index in [0.29, 0.717) is 10.6 Å². The van der Waals surface area contributed by atoms with Crippen LogP contribution in [-0.2, 0) is 9.59 Å². The van der Waals surface area contributed by atoms with Crippen molar-refractivity contribution in [3.8, 4) is 0 Å². The third kappa shape index (κ3) is 3.78. The van der Waals surface area contributed by atoms with Gasteiger partial charge in [0.2, 0.25) is 0 Å². The molecular weight excluding hydrogens is 548 g/mol. The Labute approximate surface area is 248 Å². The van der Waals surface area contributed by atoms with Gasteiger partial charge in [-0.3, -0.25) is 19.2 Å². The van der Waals surface area contributed by atoms with Crippen LogP contribution in [0.5, 0.6) is 0 Å². The Balaban J connectivity index is 1.35. The minimum atomic E-state index is -1.13. The van der Waals surface area contributed by atoms with Crippen LogP contribution < -0.4 is 0 Å². The molecule has 0 saturated carbocycles. The van der Waals surface area contributed by atoms with E-state index in [1.165, 1.54) is 12.1 Å². The molecule has 7 heteroatoms. The molecule has 0 spiro atoms. The molecule has 8 rings (SSSR count). The fourth-order valence-electron chi connectivity index (χ4n) is 7.11. The number of hydrogen-bond acceptors (Lipinski definition) is 4. The molecule has 6 nitrogen and oxygen atoms in total. The number of nitrogens with zero attached hydrogens (tertiary/aromatic N) is 2. The van der Waals surface area contributed by atoms with E-state index in [4.69, 9.17) is 11.6 Å². The van der Waals surface area contributed by atoms with E-state index in [2.05, 4.69) is 0 Å². The molecule has 0 N–H and O–H groups in total. The summed E-state index contributed by atoms with van der Waals surface area (Å²) in [4.78, 5) is 56.9. The van der Waals surface area contributed by atoms with Crippen LogP contribution in [0.25, 0.3) is 0 Å². The zero-order valence-electron chi connectivity index (χ0n) is 23.0. The second-order valence-corrected chi connectivity index (χ2v) is 11.8. The maximum Gasteiger partial charge on any atom is 0.273 e. The Morgan fingerprint density at radius 1 is 0.690 bits per heavy atom. The van der Waals surface area contributed by atoms with Crippen LogP contribution in [-0.4, -0.2) is 39.6 Å². The smallest absolute Gasteiger partial charge is 0.273 e. The third-order valence-electron chi connectivity index (χ3n) is 9.02. The number of hydrogen-bond donors (Lipinski definition) is 0. The largest absolute Gasteiger partial charge is 0.292 e. The van der Waals surface area contributed by atoms with E-state index in [0.717, 1.165) is 37.8 Å². The molecule has 4 aromatic rings. The summed E-state index contributed by atoms with van der Waals surface area (Å²) in [6, 6.07) is 28.0. The van der Waals surface area contributed by atoms with Crippen LogP contribution in [0.15, 0.2) is 97.1 Å². The molecule has 3 amide bonds. The number of carbonyl (C=O) groups is 4. The summed E-state index contributed by atoms with van der Waals surface area (Å²) >= 11 is 6.09. The quantitative estimate of drug-likeness (QED) is 0.211. The predicted molar refractivity (Wildman–Crippen MR) is 158 cm³/mol. The summed E-state index contributed by atoms with van der Waals surface area (Å²) in [6.45, 7) is 3.48. The maximum atomic E-state index is 14.5. The summed E-state index contributed by atoms with van der Waals surface area (Å²) in [5.41, 5.74) is 5.72. The molecule has 1 aliphatic heterocycles. The first kappa shape index (κ1) is 26.4. The van der Waals surface area contributed by atoms with Gasteiger partial charge in [0.1, 0.15) is 6.04 Å². The SMILES string of the molecule is Cc1ccc(C(=O)[C@H](C)N(C(=O)c2ccc(Cl)cc2)N2C(=O)[C@@H]3C4c5ccccc5C(c5ccccc54)[C@H]3C2=O)cc1. The monoisotopic (exact) mass is 574 g/mol. The molecule has 4 aromatic carbocycles. The van der Waals surface area contributed by atoms with Crippen LogP contribution in [0.4, 0.5) is 0 Å². The molecule has 1 heterocycles. The van der Waals surface area contributed by atoms with Gasteiger partial charge in [-0.15, -0.1) is 0 Å². The van der Waals surface area contributed by atoms with Crippen LogP contribution in [0.3, 0.4) is 0 Å². The number of benzene rings is 4. The zero-order chi connectivity index (χ0) is 29.3. The topological polar surface area (TPSA) is 74.8 Å². The molecule has 1 saturated heterocycles. The van der Waals surface area contributed by atoms with E-state index in [1.54, 1.807) is 31.2 Å². The lowest BCUT2D eigenvalue weighted by molar-refractivity contribution is -0.156. The van der Waals surface area contributed by atoms with E-state index in [-0.39, 0.29) is 23.2 Å². The molecule has 208 valence electrons. The van der Waals surface area contributed by atoms with Gasteiger partial charge < -0.3 is 0 Å². The molecule has 3 aliphatic carbocycles. The Morgan fingerprint density at radius 3 is 1.57 bits per heavy atom. The standard InChI is InChI=1S/C35H27ClN2O4/c1-19-11-13-21(14-12-19)32(39)20(2)37(33(40)22-15-17-23(36)18-16-22)38-34(41)30-28-24-7-3-4-8-25(24)29(31(30)35(38)42)27-10-6-5-9-26(27)28/h3-18,20,28-31H,1-2H3/t20-,28?,29?,30+,31+/m0/s1. The first-order chi connectivity index (χ1) is 20.3. The van der Waals surface area contributed by atoms with Gasteiger partial charge in [-0.2, -0.15) is 5.01 Å². The van der Waals surface area contributed by atoms with Crippen LogP contribution in [0, 0.1) is 18.8 Å². The number of aryl methyl sites for hydroxylation is 1. The predicted octanol–water partition coefficient (Wildman–Crippen LogP) is 6.17. The van der Waals surface area contributed by atoms with Crippen molar-refractivity contribution in [1.82, 2.24) is 10.0 Å². The molecule has 1 fully saturated rings. The summed E-state index contributed by atoms with van der Waals surface area (Å²) in [6.07, 6.45) is 0. The second-order valence-electron chi connectivity index (χ2n) is 11.3. The highest BCUT2D eigenvalue weighted by Crippen LogP contribution is 2.61. The number of amides is 3. The van der Waals surface area contributed by atoms with Crippen LogP contribution >= 0.6 is 11.6 Å². The van der Waals surface area contributed by atoms with Gasteiger partial charge in [-0.1, -0.05) is 90.0 Å². The average Bonchev–Trinajstić information content (AvgIpc) is 3.27. The van der Waals surface area contributed by atoms with Crippen molar-refractivity contribution in [3.63, 3.8) is 0 Å². The van der Waals surface area contributed by atoms with Gasteiger partial charge in [0.25, 0.3) is 17.7 Å².